The highest BCUT2D eigenvalue weighted by Crippen LogP contribution is 2.35. The Morgan fingerprint density at radius 1 is 1.21 bits per heavy atom. The smallest absolute Gasteiger partial charge is 0.141 e. The third-order valence-electron chi connectivity index (χ3n) is 3.79. The monoisotopic (exact) mass is 332 g/mol. The summed E-state index contributed by atoms with van der Waals surface area (Å²) >= 11 is 1.55. The zero-order valence-electron chi connectivity index (χ0n) is 12.5. The number of nitriles is 1. The predicted molar refractivity (Wildman–Crippen MR) is 91.3 cm³/mol. The van der Waals surface area contributed by atoms with Crippen LogP contribution in [0.2, 0.25) is 0 Å². The van der Waals surface area contributed by atoms with Gasteiger partial charge in [0.1, 0.15) is 17.0 Å². The van der Waals surface area contributed by atoms with E-state index < -0.39 is 0 Å². The molecule has 0 amide bonds. The van der Waals surface area contributed by atoms with Crippen molar-refractivity contribution in [3.05, 3.63) is 59.9 Å². The topological polar surface area (TPSA) is 91.1 Å². The number of pyridine rings is 1. The van der Waals surface area contributed by atoms with Crippen LogP contribution < -0.4 is 0 Å². The van der Waals surface area contributed by atoms with Gasteiger partial charge in [-0.05, 0) is 17.7 Å². The summed E-state index contributed by atoms with van der Waals surface area (Å²) in [5, 5.41) is 11.0. The fourth-order valence-electron chi connectivity index (χ4n) is 2.65. The highest BCUT2D eigenvalue weighted by molar-refractivity contribution is 7.15. The molecular formula is C17H12N6S. The van der Waals surface area contributed by atoms with Gasteiger partial charge in [-0.1, -0.05) is 6.07 Å². The van der Waals surface area contributed by atoms with E-state index in [1.807, 2.05) is 30.6 Å². The summed E-state index contributed by atoms with van der Waals surface area (Å²) in [5.41, 5.74) is 2.65. The van der Waals surface area contributed by atoms with Crippen molar-refractivity contribution in [2.45, 2.75) is 12.3 Å². The molecule has 0 aliphatic heterocycles. The van der Waals surface area contributed by atoms with Gasteiger partial charge in [-0.3, -0.25) is 4.98 Å². The highest BCUT2D eigenvalue weighted by Gasteiger charge is 2.19. The first-order chi connectivity index (χ1) is 11.9. The maximum absolute atomic E-state index is 9.18. The van der Waals surface area contributed by atoms with Crippen molar-refractivity contribution in [2.24, 2.45) is 0 Å². The Bertz CT molecular complexity index is 1010. The van der Waals surface area contributed by atoms with Gasteiger partial charge in [0.2, 0.25) is 0 Å². The van der Waals surface area contributed by atoms with Gasteiger partial charge in [-0.2, -0.15) is 5.26 Å². The number of nitrogens with one attached hydrogen (secondary N) is 1. The lowest BCUT2D eigenvalue weighted by molar-refractivity contribution is 0.821. The van der Waals surface area contributed by atoms with Crippen molar-refractivity contribution in [3.63, 3.8) is 0 Å². The Hall–Kier alpha value is -3.11. The molecule has 1 atom stereocenters. The molecule has 6 nitrogen and oxygen atoms in total. The quantitative estimate of drug-likeness (QED) is 0.617. The number of nitrogens with zero attached hydrogens (tertiary/aromatic N) is 5. The summed E-state index contributed by atoms with van der Waals surface area (Å²) in [4.78, 5) is 21.4. The Kier molecular flexibility index (Phi) is 3.73. The number of hydrogen-bond donors (Lipinski definition) is 1. The number of thiazole rings is 1. The Balaban J connectivity index is 1.76. The molecule has 1 unspecified atom stereocenters. The number of hydrogen-bond acceptors (Lipinski definition) is 6. The van der Waals surface area contributed by atoms with Gasteiger partial charge in [0, 0.05) is 36.6 Å². The van der Waals surface area contributed by atoms with Crippen LogP contribution >= 0.6 is 11.3 Å². The summed E-state index contributed by atoms with van der Waals surface area (Å²) < 4.78 is 0. The molecule has 7 heteroatoms. The second-order valence-electron chi connectivity index (χ2n) is 5.23. The van der Waals surface area contributed by atoms with E-state index in [9.17, 15) is 5.26 Å². The molecule has 4 rings (SSSR count). The molecule has 0 saturated heterocycles. The van der Waals surface area contributed by atoms with E-state index in [4.69, 9.17) is 0 Å². The lowest BCUT2D eigenvalue weighted by Crippen LogP contribution is -1.99. The Morgan fingerprint density at radius 3 is 3.00 bits per heavy atom. The van der Waals surface area contributed by atoms with Gasteiger partial charge in [0.25, 0.3) is 0 Å². The molecule has 0 aromatic carbocycles. The van der Waals surface area contributed by atoms with Crippen LogP contribution in [0.3, 0.4) is 0 Å². The molecule has 0 saturated carbocycles. The van der Waals surface area contributed by atoms with Crippen LogP contribution in [0.1, 0.15) is 22.9 Å². The third kappa shape index (κ3) is 2.53. The van der Waals surface area contributed by atoms with Gasteiger partial charge in [0.15, 0.2) is 0 Å². The zero-order valence-corrected chi connectivity index (χ0v) is 13.4. The van der Waals surface area contributed by atoms with Gasteiger partial charge in [-0.15, -0.1) is 11.3 Å². The zero-order chi connectivity index (χ0) is 16.4. The number of aromatic nitrogens is 5. The van der Waals surface area contributed by atoms with E-state index in [-0.39, 0.29) is 5.92 Å². The second-order valence-corrected chi connectivity index (χ2v) is 6.29. The van der Waals surface area contributed by atoms with Crippen LogP contribution in [0.25, 0.3) is 21.6 Å². The SMILES string of the molecule is N#CCC(c1cccnc1)c1ncc(-c2ncnc3[nH]ccc23)s1. The standard InChI is InChI=1S/C17H12N6S/c18-5-3-12(11-2-1-6-19-8-11)17-21-9-14(24-17)15-13-4-7-20-16(13)23-10-22-15/h1-2,4,6-10,12H,3H2,(H,20,22,23). The second kappa shape index (κ2) is 6.18. The molecule has 0 spiro atoms. The highest BCUT2D eigenvalue weighted by atomic mass is 32.1. The fraction of sp³-hybridized carbons (Fsp3) is 0.118. The lowest BCUT2D eigenvalue weighted by Gasteiger charge is -2.10. The summed E-state index contributed by atoms with van der Waals surface area (Å²) in [5.74, 6) is -0.0778. The Morgan fingerprint density at radius 2 is 2.17 bits per heavy atom. The minimum absolute atomic E-state index is 0.0778. The third-order valence-corrected chi connectivity index (χ3v) is 4.91. The van der Waals surface area contributed by atoms with Crippen LogP contribution in [0.15, 0.2) is 49.3 Å². The van der Waals surface area contributed by atoms with Crippen molar-refractivity contribution in [1.82, 2.24) is 24.9 Å². The summed E-state index contributed by atoms with van der Waals surface area (Å²) in [6.45, 7) is 0. The molecule has 24 heavy (non-hydrogen) atoms. The maximum Gasteiger partial charge on any atom is 0.141 e. The van der Waals surface area contributed by atoms with Crippen molar-refractivity contribution >= 4 is 22.4 Å². The van der Waals surface area contributed by atoms with Gasteiger partial charge >= 0.3 is 0 Å². The van der Waals surface area contributed by atoms with Crippen molar-refractivity contribution in [2.75, 3.05) is 0 Å². The summed E-state index contributed by atoms with van der Waals surface area (Å²) in [7, 11) is 0. The number of H-pyrrole nitrogens is 1. The molecule has 0 aliphatic carbocycles. The van der Waals surface area contributed by atoms with Crippen LogP contribution in [-0.2, 0) is 0 Å². The van der Waals surface area contributed by atoms with Gasteiger partial charge in [0.05, 0.1) is 22.6 Å². The van der Waals surface area contributed by atoms with E-state index in [0.29, 0.717) is 6.42 Å². The molecule has 0 radical (unpaired) electrons. The van der Waals surface area contributed by atoms with Crippen molar-refractivity contribution in [1.29, 1.82) is 5.26 Å². The maximum atomic E-state index is 9.18. The fourth-order valence-corrected chi connectivity index (χ4v) is 3.71. The molecule has 0 bridgehead atoms. The average molecular weight is 332 g/mol. The van der Waals surface area contributed by atoms with E-state index in [1.54, 1.807) is 30.1 Å². The first-order valence-corrected chi connectivity index (χ1v) is 8.19. The van der Waals surface area contributed by atoms with Crippen LogP contribution in [-0.4, -0.2) is 24.9 Å². The van der Waals surface area contributed by atoms with E-state index in [1.165, 1.54) is 0 Å². The molecule has 1 N–H and O–H groups in total. The molecule has 4 heterocycles. The molecule has 0 fully saturated rings. The molecule has 116 valence electrons. The van der Waals surface area contributed by atoms with E-state index in [0.717, 1.165) is 32.2 Å². The number of aromatic amines is 1. The van der Waals surface area contributed by atoms with Crippen molar-refractivity contribution in [3.8, 4) is 16.6 Å². The van der Waals surface area contributed by atoms with Crippen LogP contribution in [0, 0.1) is 11.3 Å². The largest absolute Gasteiger partial charge is 0.346 e. The first kappa shape index (κ1) is 14.5. The summed E-state index contributed by atoms with van der Waals surface area (Å²) in [6, 6.07) is 8.06. The van der Waals surface area contributed by atoms with Gasteiger partial charge < -0.3 is 4.98 Å². The molecule has 0 aliphatic rings. The molecule has 4 aromatic heterocycles. The Labute approximate surface area is 141 Å². The van der Waals surface area contributed by atoms with Crippen LogP contribution in [0.4, 0.5) is 0 Å². The van der Waals surface area contributed by atoms with E-state index in [2.05, 4.69) is 31.0 Å². The molecule has 4 aromatic rings. The predicted octanol–water partition coefficient (Wildman–Crippen LogP) is 3.52. The number of rotatable bonds is 4. The minimum atomic E-state index is -0.0778. The van der Waals surface area contributed by atoms with Crippen molar-refractivity contribution < 1.29 is 0 Å². The van der Waals surface area contributed by atoms with Gasteiger partial charge in [-0.25, -0.2) is 15.0 Å². The number of fused-ring (bicyclic) bond motifs is 1. The van der Waals surface area contributed by atoms with E-state index >= 15 is 0 Å². The minimum Gasteiger partial charge on any atom is -0.346 e. The first-order valence-electron chi connectivity index (χ1n) is 7.38. The average Bonchev–Trinajstić information content (AvgIpc) is 3.29. The van der Waals surface area contributed by atoms with Crippen LogP contribution in [0.5, 0.6) is 0 Å². The summed E-state index contributed by atoms with van der Waals surface area (Å²) in [6.07, 6.45) is 9.08. The normalized spacial score (nSPS) is 12.1. The lowest BCUT2D eigenvalue weighted by atomic mass is 9.99. The molecular weight excluding hydrogens is 320 g/mol.